The van der Waals surface area contributed by atoms with E-state index in [1.165, 1.54) is 5.56 Å². The summed E-state index contributed by atoms with van der Waals surface area (Å²) >= 11 is 0. The topological polar surface area (TPSA) is 65.4 Å². The minimum atomic E-state index is -0.516. The number of ether oxygens (including phenoxy) is 2. The molecule has 0 unspecified atom stereocenters. The molecule has 140 valence electrons. The molecular formula is C19H30N2O4. The van der Waals surface area contributed by atoms with Gasteiger partial charge in [0.2, 0.25) is 0 Å². The van der Waals surface area contributed by atoms with Gasteiger partial charge < -0.3 is 24.6 Å². The van der Waals surface area contributed by atoms with Crippen LogP contribution in [-0.2, 0) is 11.3 Å². The van der Waals surface area contributed by atoms with Gasteiger partial charge in [-0.05, 0) is 30.5 Å². The predicted molar refractivity (Wildman–Crippen MR) is 95.7 cm³/mol. The van der Waals surface area contributed by atoms with Gasteiger partial charge in [-0.3, -0.25) is 4.90 Å². The fourth-order valence-electron chi connectivity index (χ4n) is 3.40. The van der Waals surface area contributed by atoms with Crippen molar-refractivity contribution in [3.05, 3.63) is 29.8 Å². The van der Waals surface area contributed by atoms with Crippen molar-refractivity contribution < 1.29 is 19.7 Å². The first kappa shape index (κ1) is 18.6. The Morgan fingerprint density at radius 3 is 2.64 bits per heavy atom. The first-order valence-electron chi connectivity index (χ1n) is 9.29. The van der Waals surface area contributed by atoms with Crippen molar-refractivity contribution in [3.8, 4) is 5.75 Å². The van der Waals surface area contributed by atoms with Crippen molar-refractivity contribution in [2.24, 2.45) is 0 Å². The molecule has 6 nitrogen and oxygen atoms in total. The minimum Gasteiger partial charge on any atom is -0.491 e. The van der Waals surface area contributed by atoms with E-state index in [1.807, 2.05) is 12.1 Å². The molecule has 0 bridgehead atoms. The van der Waals surface area contributed by atoms with E-state index in [2.05, 4.69) is 21.9 Å². The molecule has 2 aliphatic rings. The van der Waals surface area contributed by atoms with Gasteiger partial charge in [0.1, 0.15) is 18.5 Å². The molecule has 0 radical (unpaired) electrons. The van der Waals surface area contributed by atoms with Crippen molar-refractivity contribution in [3.63, 3.8) is 0 Å². The first-order valence-corrected chi connectivity index (χ1v) is 9.29. The smallest absolute Gasteiger partial charge is 0.119 e. The summed E-state index contributed by atoms with van der Waals surface area (Å²) in [6, 6.07) is 8.10. The van der Waals surface area contributed by atoms with E-state index in [0.717, 1.165) is 64.5 Å². The Morgan fingerprint density at radius 1 is 1.12 bits per heavy atom. The number of morpholine rings is 1. The molecule has 2 aliphatic heterocycles. The molecule has 1 aromatic carbocycles. The molecule has 3 rings (SSSR count). The molecule has 2 fully saturated rings. The summed E-state index contributed by atoms with van der Waals surface area (Å²) in [6.45, 7) is 7.01. The second-order valence-corrected chi connectivity index (χ2v) is 7.03. The number of benzene rings is 1. The third kappa shape index (κ3) is 6.24. The average Bonchev–Trinajstić information content (AvgIpc) is 2.63. The van der Waals surface area contributed by atoms with Gasteiger partial charge in [0.25, 0.3) is 0 Å². The Kier molecular flexibility index (Phi) is 7.07. The van der Waals surface area contributed by atoms with Crippen LogP contribution < -0.4 is 4.74 Å². The number of likely N-dealkylation sites (tertiary alicyclic amines) is 1. The fourth-order valence-corrected chi connectivity index (χ4v) is 3.40. The summed E-state index contributed by atoms with van der Waals surface area (Å²) in [6.07, 6.45) is 0.880. The summed E-state index contributed by atoms with van der Waals surface area (Å²) in [5.74, 6) is 0.805. The summed E-state index contributed by atoms with van der Waals surface area (Å²) in [5, 5.41) is 19.7. The van der Waals surface area contributed by atoms with Crippen LogP contribution in [0.15, 0.2) is 24.3 Å². The zero-order valence-corrected chi connectivity index (χ0v) is 14.8. The molecule has 2 saturated heterocycles. The maximum absolute atomic E-state index is 10.2. The third-order valence-corrected chi connectivity index (χ3v) is 4.88. The number of piperidine rings is 1. The second-order valence-electron chi connectivity index (χ2n) is 7.03. The van der Waals surface area contributed by atoms with E-state index in [1.54, 1.807) is 0 Å². The van der Waals surface area contributed by atoms with Crippen molar-refractivity contribution in [2.45, 2.75) is 31.6 Å². The lowest BCUT2D eigenvalue weighted by molar-refractivity contribution is 0.0329. The van der Waals surface area contributed by atoms with Gasteiger partial charge in [0, 0.05) is 39.3 Å². The Balaban J connectivity index is 1.42. The number of hydrogen-bond donors (Lipinski definition) is 2. The van der Waals surface area contributed by atoms with Gasteiger partial charge >= 0.3 is 0 Å². The van der Waals surface area contributed by atoms with Gasteiger partial charge in [-0.15, -0.1) is 0 Å². The molecule has 0 aromatic heterocycles. The van der Waals surface area contributed by atoms with E-state index in [0.29, 0.717) is 13.2 Å². The van der Waals surface area contributed by atoms with E-state index < -0.39 is 6.10 Å². The molecule has 0 spiro atoms. The van der Waals surface area contributed by atoms with Crippen LogP contribution in [0.3, 0.4) is 0 Å². The number of nitrogens with zero attached hydrogens (tertiary/aromatic N) is 2. The van der Waals surface area contributed by atoms with Crippen LogP contribution in [-0.4, -0.2) is 84.8 Å². The van der Waals surface area contributed by atoms with Crippen LogP contribution in [0.5, 0.6) is 5.75 Å². The molecule has 0 amide bonds. The number of aliphatic hydroxyl groups is 2. The lowest BCUT2D eigenvalue weighted by Gasteiger charge is -2.30. The zero-order valence-electron chi connectivity index (χ0n) is 14.8. The van der Waals surface area contributed by atoms with Crippen LogP contribution in [0, 0.1) is 0 Å². The van der Waals surface area contributed by atoms with Crippen LogP contribution in [0.25, 0.3) is 0 Å². The number of rotatable bonds is 7. The summed E-state index contributed by atoms with van der Waals surface area (Å²) in [5.41, 5.74) is 1.22. The highest BCUT2D eigenvalue weighted by atomic mass is 16.5. The molecule has 2 heterocycles. The van der Waals surface area contributed by atoms with Crippen molar-refractivity contribution in [1.82, 2.24) is 9.80 Å². The Morgan fingerprint density at radius 2 is 1.88 bits per heavy atom. The average molecular weight is 350 g/mol. The molecule has 25 heavy (non-hydrogen) atoms. The van der Waals surface area contributed by atoms with Crippen LogP contribution >= 0.6 is 0 Å². The molecule has 1 atom stereocenters. The maximum atomic E-state index is 10.2. The standard InChI is InChI=1S/C19H30N2O4/c22-17-4-6-20(7-5-17)14-18(23)15-25-19-3-1-2-16(12-19)13-21-8-10-24-11-9-21/h1-3,12,17-18,22-23H,4-11,13-15H2/t18-/m1/s1. The maximum Gasteiger partial charge on any atom is 0.119 e. The highest BCUT2D eigenvalue weighted by Gasteiger charge is 2.19. The Labute approximate surface area is 149 Å². The Hall–Kier alpha value is -1.18. The monoisotopic (exact) mass is 350 g/mol. The van der Waals surface area contributed by atoms with Crippen molar-refractivity contribution in [1.29, 1.82) is 0 Å². The lowest BCUT2D eigenvalue weighted by Crippen LogP contribution is -2.41. The first-order chi connectivity index (χ1) is 12.2. The third-order valence-electron chi connectivity index (χ3n) is 4.88. The summed E-state index contributed by atoms with van der Waals surface area (Å²) in [4.78, 5) is 4.57. The van der Waals surface area contributed by atoms with Gasteiger partial charge in [-0.2, -0.15) is 0 Å². The second kappa shape index (κ2) is 9.50. The van der Waals surface area contributed by atoms with E-state index in [4.69, 9.17) is 9.47 Å². The molecule has 6 heteroatoms. The van der Waals surface area contributed by atoms with E-state index >= 15 is 0 Å². The zero-order chi connectivity index (χ0) is 17.5. The van der Waals surface area contributed by atoms with Crippen molar-refractivity contribution >= 4 is 0 Å². The van der Waals surface area contributed by atoms with Crippen molar-refractivity contribution in [2.75, 3.05) is 52.5 Å². The molecule has 0 saturated carbocycles. The molecular weight excluding hydrogens is 320 g/mol. The largest absolute Gasteiger partial charge is 0.491 e. The highest BCUT2D eigenvalue weighted by Crippen LogP contribution is 2.16. The molecule has 0 aliphatic carbocycles. The number of aliphatic hydroxyl groups excluding tert-OH is 2. The Bertz CT molecular complexity index is 514. The van der Waals surface area contributed by atoms with Gasteiger partial charge in [-0.1, -0.05) is 12.1 Å². The fraction of sp³-hybridized carbons (Fsp3) is 0.684. The minimum absolute atomic E-state index is 0.182. The van der Waals surface area contributed by atoms with Gasteiger partial charge in [0.05, 0.1) is 19.3 Å². The van der Waals surface area contributed by atoms with Crippen LogP contribution in [0.1, 0.15) is 18.4 Å². The van der Waals surface area contributed by atoms with Gasteiger partial charge in [-0.25, -0.2) is 0 Å². The summed E-state index contributed by atoms with van der Waals surface area (Å²) < 4.78 is 11.2. The van der Waals surface area contributed by atoms with E-state index in [-0.39, 0.29) is 6.10 Å². The van der Waals surface area contributed by atoms with E-state index in [9.17, 15) is 10.2 Å². The quantitative estimate of drug-likeness (QED) is 0.755. The number of β-amino-alcohol motifs (C(OH)–C–C–N with tert-alkyl or cyclic N) is 1. The van der Waals surface area contributed by atoms with Gasteiger partial charge in [0.15, 0.2) is 0 Å². The van der Waals surface area contributed by atoms with Crippen LogP contribution in [0.4, 0.5) is 0 Å². The van der Waals surface area contributed by atoms with Crippen LogP contribution in [0.2, 0.25) is 0 Å². The normalized spacial score (nSPS) is 22.0. The number of hydrogen-bond acceptors (Lipinski definition) is 6. The molecule has 1 aromatic rings. The SMILES string of the molecule is OC1CCN(C[C@@H](O)COc2cccc(CN3CCOCC3)c2)CC1. The molecule has 2 N–H and O–H groups in total. The lowest BCUT2D eigenvalue weighted by atomic mass is 10.1. The highest BCUT2D eigenvalue weighted by molar-refractivity contribution is 5.28. The predicted octanol–water partition coefficient (Wildman–Crippen LogP) is 0.715. The summed E-state index contributed by atoms with van der Waals surface area (Å²) in [7, 11) is 0.